The van der Waals surface area contributed by atoms with Crippen molar-refractivity contribution in [1.29, 1.82) is 5.26 Å². The summed E-state index contributed by atoms with van der Waals surface area (Å²) in [5.41, 5.74) is 0.0256. The predicted molar refractivity (Wildman–Crippen MR) is 64.1 cm³/mol. The highest BCUT2D eigenvalue weighted by atomic mass is 79.9. The van der Waals surface area contributed by atoms with Crippen LogP contribution in [0.3, 0.4) is 0 Å². The van der Waals surface area contributed by atoms with Crippen molar-refractivity contribution in [3.05, 3.63) is 46.3 Å². The molecular formula is C11H5BrF2N4. The van der Waals surface area contributed by atoms with Crippen molar-refractivity contribution in [2.45, 2.75) is 0 Å². The molecule has 0 aliphatic carbocycles. The molecule has 4 nitrogen and oxygen atoms in total. The number of anilines is 2. The molecule has 2 aromatic rings. The van der Waals surface area contributed by atoms with Gasteiger partial charge in [0.25, 0.3) is 0 Å². The Bertz CT molecular complexity index is 639. The van der Waals surface area contributed by atoms with E-state index in [1.165, 1.54) is 18.5 Å². The molecule has 1 N–H and O–H groups in total. The minimum Gasteiger partial charge on any atom is -0.335 e. The topological polar surface area (TPSA) is 61.6 Å². The number of nitrogens with zero attached hydrogens (tertiary/aromatic N) is 3. The van der Waals surface area contributed by atoms with Gasteiger partial charge in [-0.25, -0.2) is 18.7 Å². The highest BCUT2D eigenvalue weighted by Gasteiger charge is 2.11. The first-order valence-corrected chi connectivity index (χ1v) is 5.54. The molecule has 0 amide bonds. The van der Waals surface area contributed by atoms with E-state index in [1.54, 1.807) is 0 Å². The van der Waals surface area contributed by atoms with Gasteiger partial charge in [0.2, 0.25) is 0 Å². The van der Waals surface area contributed by atoms with Crippen LogP contribution in [0.15, 0.2) is 29.0 Å². The lowest BCUT2D eigenvalue weighted by atomic mass is 10.3. The van der Waals surface area contributed by atoms with Gasteiger partial charge >= 0.3 is 0 Å². The number of nitrogens with one attached hydrogen (secondary N) is 1. The molecule has 1 aromatic heterocycles. The summed E-state index contributed by atoms with van der Waals surface area (Å²) in [6, 6.07) is 3.77. The van der Waals surface area contributed by atoms with Crippen LogP contribution in [0.1, 0.15) is 5.69 Å². The monoisotopic (exact) mass is 310 g/mol. The molecule has 0 atom stereocenters. The molecule has 0 saturated carbocycles. The summed E-state index contributed by atoms with van der Waals surface area (Å²) in [6.45, 7) is 0. The molecule has 0 aliphatic rings. The Kier molecular flexibility index (Phi) is 3.48. The summed E-state index contributed by atoms with van der Waals surface area (Å²) in [5.74, 6) is -1.39. The molecule has 0 aliphatic heterocycles. The molecule has 7 heteroatoms. The van der Waals surface area contributed by atoms with Gasteiger partial charge in [0.15, 0.2) is 11.5 Å². The van der Waals surface area contributed by atoms with Gasteiger partial charge < -0.3 is 5.32 Å². The summed E-state index contributed by atoms with van der Waals surface area (Å²) in [5, 5.41) is 11.4. The van der Waals surface area contributed by atoms with Gasteiger partial charge in [0, 0.05) is 18.5 Å². The zero-order chi connectivity index (χ0) is 13.1. The first-order valence-electron chi connectivity index (χ1n) is 4.74. The van der Waals surface area contributed by atoms with Crippen LogP contribution < -0.4 is 5.32 Å². The minimum absolute atomic E-state index is 0.000255. The van der Waals surface area contributed by atoms with Crippen LogP contribution in [-0.4, -0.2) is 9.97 Å². The number of aromatic nitrogens is 2. The van der Waals surface area contributed by atoms with E-state index in [0.29, 0.717) is 0 Å². The Labute approximate surface area is 109 Å². The average Bonchev–Trinajstić information content (AvgIpc) is 2.36. The van der Waals surface area contributed by atoms with Gasteiger partial charge in [-0.1, -0.05) is 0 Å². The lowest BCUT2D eigenvalue weighted by Crippen LogP contribution is -2.01. The maximum absolute atomic E-state index is 13.5. The van der Waals surface area contributed by atoms with Crippen LogP contribution in [0.5, 0.6) is 0 Å². The normalized spacial score (nSPS) is 9.89. The Morgan fingerprint density at radius 2 is 1.89 bits per heavy atom. The molecule has 0 unspecified atom stereocenters. The fraction of sp³-hybridized carbons (Fsp3) is 0. The highest BCUT2D eigenvalue weighted by Crippen LogP contribution is 2.26. The molecule has 90 valence electrons. The second-order valence-electron chi connectivity index (χ2n) is 3.24. The largest absolute Gasteiger partial charge is 0.335 e. The van der Waals surface area contributed by atoms with E-state index in [2.05, 4.69) is 31.2 Å². The number of benzene rings is 1. The summed E-state index contributed by atoms with van der Waals surface area (Å²) < 4.78 is 26.7. The number of rotatable bonds is 2. The summed E-state index contributed by atoms with van der Waals surface area (Å²) in [4.78, 5) is 7.63. The second kappa shape index (κ2) is 5.06. The fourth-order valence-electron chi connectivity index (χ4n) is 1.26. The van der Waals surface area contributed by atoms with Crippen LogP contribution in [-0.2, 0) is 0 Å². The van der Waals surface area contributed by atoms with Crippen molar-refractivity contribution < 1.29 is 8.78 Å². The third kappa shape index (κ3) is 2.43. The zero-order valence-corrected chi connectivity index (χ0v) is 10.4. The molecule has 0 fully saturated rings. The Hall–Kier alpha value is -2.07. The number of hydrogen-bond donors (Lipinski definition) is 1. The van der Waals surface area contributed by atoms with Gasteiger partial charge in [-0.05, 0) is 22.0 Å². The number of nitriles is 1. The van der Waals surface area contributed by atoms with Crippen LogP contribution >= 0.6 is 15.9 Å². The molecule has 18 heavy (non-hydrogen) atoms. The Balaban J connectivity index is 2.41. The van der Waals surface area contributed by atoms with E-state index < -0.39 is 11.6 Å². The molecule has 0 spiro atoms. The lowest BCUT2D eigenvalue weighted by Gasteiger charge is -2.08. The zero-order valence-electron chi connectivity index (χ0n) is 8.78. The quantitative estimate of drug-likeness (QED) is 0.866. The van der Waals surface area contributed by atoms with E-state index >= 15 is 0 Å². The maximum Gasteiger partial charge on any atom is 0.183 e. The van der Waals surface area contributed by atoms with Crippen molar-refractivity contribution in [3.63, 3.8) is 0 Å². The van der Waals surface area contributed by atoms with Crippen molar-refractivity contribution >= 4 is 27.4 Å². The third-order valence-electron chi connectivity index (χ3n) is 2.07. The molecule has 1 aromatic carbocycles. The Morgan fingerprint density at radius 3 is 2.61 bits per heavy atom. The van der Waals surface area contributed by atoms with Crippen molar-refractivity contribution in [3.8, 4) is 6.07 Å². The summed E-state index contributed by atoms with van der Waals surface area (Å²) in [7, 11) is 0. The predicted octanol–water partition coefficient (Wildman–Crippen LogP) is 3.13. The van der Waals surface area contributed by atoms with Crippen LogP contribution in [0.25, 0.3) is 0 Å². The van der Waals surface area contributed by atoms with Gasteiger partial charge in [0.1, 0.15) is 17.7 Å². The van der Waals surface area contributed by atoms with Crippen LogP contribution in [0, 0.1) is 23.0 Å². The van der Waals surface area contributed by atoms with Crippen molar-refractivity contribution in [1.82, 2.24) is 9.97 Å². The van der Waals surface area contributed by atoms with Crippen molar-refractivity contribution in [2.75, 3.05) is 5.32 Å². The van der Waals surface area contributed by atoms with E-state index in [4.69, 9.17) is 5.26 Å². The first-order chi connectivity index (χ1) is 8.61. The first kappa shape index (κ1) is 12.4. The summed E-state index contributed by atoms with van der Waals surface area (Å²) in [6.07, 6.45) is 2.71. The van der Waals surface area contributed by atoms with E-state index in [9.17, 15) is 8.78 Å². The maximum atomic E-state index is 13.5. The molecule has 0 saturated heterocycles. The Morgan fingerprint density at radius 1 is 1.17 bits per heavy atom. The molecule has 2 rings (SSSR count). The number of halogens is 3. The summed E-state index contributed by atoms with van der Waals surface area (Å²) >= 11 is 2.95. The SMILES string of the molecule is N#Cc1nccnc1Nc1cc(Br)c(F)cc1F. The molecular weight excluding hydrogens is 306 g/mol. The standard InChI is InChI=1S/C11H5BrF2N4/c12-6-3-9(8(14)4-7(6)13)18-11-10(5-15)16-1-2-17-11/h1-4H,(H,17,18). The smallest absolute Gasteiger partial charge is 0.183 e. The average molecular weight is 311 g/mol. The van der Waals surface area contributed by atoms with Gasteiger partial charge in [-0.2, -0.15) is 5.26 Å². The van der Waals surface area contributed by atoms with Gasteiger partial charge in [-0.15, -0.1) is 0 Å². The van der Waals surface area contributed by atoms with E-state index in [0.717, 1.165) is 6.07 Å². The number of hydrogen-bond acceptors (Lipinski definition) is 4. The second-order valence-corrected chi connectivity index (χ2v) is 4.09. The lowest BCUT2D eigenvalue weighted by molar-refractivity contribution is 0.581. The van der Waals surface area contributed by atoms with Crippen LogP contribution in [0.2, 0.25) is 0 Å². The van der Waals surface area contributed by atoms with E-state index in [-0.39, 0.29) is 21.7 Å². The molecule has 0 bridgehead atoms. The fourth-order valence-corrected chi connectivity index (χ4v) is 1.60. The highest BCUT2D eigenvalue weighted by molar-refractivity contribution is 9.10. The minimum atomic E-state index is -0.787. The third-order valence-corrected chi connectivity index (χ3v) is 2.67. The van der Waals surface area contributed by atoms with E-state index in [1.807, 2.05) is 6.07 Å². The van der Waals surface area contributed by atoms with Crippen LogP contribution in [0.4, 0.5) is 20.3 Å². The van der Waals surface area contributed by atoms with Gasteiger partial charge in [0.05, 0.1) is 10.2 Å². The molecule has 0 radical (unpaired) electrons. The van der Waals surface area contributed by atoms with Gasteiger partial charge in [-0.3, -0.25) is 0 Å². The van der Waals surface area contributed by atoms with Crippen molar-refractivity contribution in [2.24, 2.45) is 0 Å². The molecule has 1 heterocycles.